The van der Waals surface area contributed by atoms with Crippen molar-refractivity contribution in [3.63, 3.8) is 0 Å². The van der Waals surface area contributed by atoms with Gasteiger partial charge in [-0.15, -0.1) is 0 Å². The van der Waals surface area contributed by atoms with Crippen LogP contribution >= 0.6 is 0 Å². The third kappa shape index (κ3) is 2.09. The lowest BCUT2D eigenvalue weighted by molar-refractivity contribution is -0.120. The molecule has 0 bridgehead atoms. The summed E-state index contributed by atoms with van der Waals surface area (Å²) >= 11 is 0. The van der Waals surface area contributed by atoms with E-state index in [1.807, 2.05) is 19.0 Å². The number of benzene rings is 1. The molecule has 0 saturated carbocycles. The smallest absolute Gasteiger partial charge is 0.201 e. The molecule has 1 aromatic carbocycles. The predicted molar refractivity (Wildman–Crippen MR) is 80.1 cm³/mol. The van der Waals surface area contributed by atoms with Gasteiger partial charge in [0.2, 0.25) is 5.78 Å². The Labute approximate surface area is 128 Å². The van der Waals surface area contributed by atoms with Crippen LogP contribution in [-0.4, -0.2) is 48.0 Å². The van der Waals surface area contributed by atoms with Crippen molar-refractivity contribution in [1.82, 2.24) is 4.90 Å². The van der Waals surface area contributed by atoms with Crippen LogP contribution < -0.4 is 0 Å². The number of ketones is 3. The molecule has 0 aromatic heterocycles. The molecular formula is C17H17NO4. The van der Waals surface area contributed by atoms with Crippen molar-refractivity contribution in [3.05, 3.63) is 40.5 Å². The Morgan fingerprint density at radius 3 is 2.59 bits per heavy atom. The maximum atomic E-state index is 12.7. The number of hydrogen-bond acceptors (Lipinski definition) is 5. The van der Waals surface area contributed by atoms with Gasteiger partial charge in [-0.05, 0) is 33.0 Å². The van der Waals surface area contributed by atoms with Gasteiger partial charge >= 0.3 is 0 Å². The summed E-state index contributed by atoms with van der Waals surface area (Å²) in [4.78, 5) is 39.7. The topological polar surface area (TPSA) is 74.7 Å². The Morgan fingerprint density at radius 1 is 1.18 bits per heavy atom. The highest BCUT2D eigenvalue weighted by molar-refractivity contribution is 6.38. The zero-order valence-electron chi connectivity index (χ0n) is 12.5. The maximum absolute atomic E-state index is 12.7. The van der Waals surface area contributed by atoms with Gasteiger partial charge in [0, 0.05) is 23.6 Å². The van der Waals surface area contributed by atoms with E-state index in [0.717, 1.165) is 0 Å². The minimum absolute atomic E-state index is 0.0166. The van der Waals surface area contributed by atoms with Crippen molar-refractivity contribution < 1.29 is 19.5 Å². The van der Waals surface area contributed by atoms with E-state index in [1.165, 1.54) is 18.2 Å². The van der Waals surface area contributed by atoms with Crippen molar-refractivity contribution in [3.8, 4) is 5.75 Å². The number of carbonyl (C=O) groups is 3. The summed E-state index contributed by atoms with van der Waals surface area (Å²) in [6.45, 7) is 0.546. The van der Waals surface area contributed by atoms with E-state index in [-0.39, 0.29) is 39.9 Å². The SMILES string of the molecule is CN(C)CC1CCC2=C(C(=O)c3c(O)cccc3C2=O)C1=O. The van der Waals surface area contributed by atoms with Gasteiger partial charge in [0.05, 0.1) is 11.1 Å². The Bertz CT molecular complexity index is 730. The molecule has 1 aromatic rings. The predicted octanol–water partition coefficient (Wildman–Crippen LogP) is 1.61. The van der Waals surface area contributed by atoms with Gasteiger partial charge < -0.3 is 10.0 Å². The number of carbonyl (C=O) groups excluding carboxylic acids is 3. The van der Waals surface area contributed by atoms with Gasteiger partial charge in [-0.3, -0.25) is 14.4 Å². The molecule has 0 heterocycles. The second-order valence-corrected chi connectivity index (χ2v) is 6.07. The number of phenolic OH excluding ortho intramolecular Hbond substituents is 1. The maximum Gasteiger partial charge on any atom is 0.201 e. The number of allylic oxidation sites excluding steroid dienone is 2. The molecule has 1 unspecified atom stereocenters. The molecule has 0 fully saturated rings. The highest BCUT2D eigenvalue weighted by Gasteiger charge is 2.42. The van der Waals surface area contributed by atoms with Crippen LogP contribution in [0.15, 0.2) is 29.3 Å². The zero-order valence-corrected chi connectivity index (χ0v) is 12.5. The first-order chi connectivity index (χ1) is 10.4. The fourth-order valence-electron chi connectivity index (χ4n) is 3.27. The zero-order chi connectivity index (χ0) is 16.0. The van der Waals surface area contributed by atoms with Crippen LogP contribution in [0.4, 0.5) is 0 Å². The van der Waals surface area contributed by atoms with E-state index < -0.39 is 5.78 Å². The first kappa shape index (κ1) is 14.7. The number of rotatable bonds is 2. The Hall–Kier alpha value is -2.27. The van der Waals surface area contributed by atoms with Crippen molar-refractivity contribution >= 4 is 17.3 Å². The number of nitrogens with zero attached hydrogens (tertiary/aromatic N) is 1. The summed E-state index contributed by atoms with van der Waals surface area (Å²) in [6.07, 6.45) is 1.00. The van der Waals surface area contributed by atoms with Crippen LogP contribution in [0.5, 0.6) is 5.75 Å². The summed E-state index contributed by atoms with van der Waals surface area (Å²) in [7, 11) is 3.73. The van der Waals surface area contributed by atoms with E-state index in [4.69, 9.17) is 0 Å². The minimum Gasteiger partial charge on any atom is -0.507 e. The molecule has 0 radical (unpaired) electrons. The number of fused-ring (bicyclic) bond motifs is 1. The second kappa shape index (κ2) is 5.18. The highest BCUT2D eigenvalue weighted by atomic mass is 16.3. The summed E-state index contributed by atoms with van der Waals surface area (Å²) in [6, 6.07) is 4.42. The van der Waals surface area contributed by atoms with Crippen LogP contribution in [0, 0.1) is 5.92 Å². The average Bonchev–Trinajstić information content (AvgIpc) is 2.46. The minimum atomic E-state index is -0.517. The number of Topliss-reactive ketones (excluding diaryl/α,β-unsaturated/α-hetero) is 3. The quantitative estimate of drug-likeness (QED) is 0.840. The summed E-state index contributed by atoms with van der Waals surface area (Å²) < 4.78 is 0. The van der Waals surface area contributed by atoms with E-state index >= 15 is 0 Å². The molecule has 114 valence electrons. The van der Waals surface area contributed by atoms with Crippen LogP contribution in [0.25, 0.3) is 0 Å². The van der Waals surface area contributed by atoms with Gasteiger partial charge in [-0.25, -0.2) is 0 Å². The molecule has 1 atom stereocenters. The molecule has 5 nitrogen and oxygen atoms in total. The molecule has 5 heteroatoms. The van der Waals surface area contributed by atoms with Crippen molar-refractivity contribution in [2.45, 2.75) is 12.8 Å². The lowest BCUT2D eigenvalue weighted by atomic mass is 9.73. The molecule has 2 aliphatic carbocycles. The van der Waals surface area contributed by atoms with Crippen molar-refractivity contribution in [2.24, 2.45) is 5.92 Å². The van der Waals surface area contributed by atoms with Crippen molar-refractivity contribution in [1.29, 1.82) is 0 Å². The molecule has 0 saturated heterocycles. The van der Waals surface area contributed by atoms with Crippen LogP contribution in [-0.2, 0) is 4.79 Å². The molecule has 1 N–H and O–H groups in total. The summed E-state index contributed by atoms with van der Waals surface area (Å²) in [5.41, 5.74) is 0.452. The lowest BCUT2D eigenvalue weighted by Gasteiger charge is -2.29. The first-order valence-corrected chi connectivity index (χ1v) is 7.25. The standard InChI is InChI=1S/C17H17NO4/c1-18(2)8-9-6-7-11-14(15(9)20)17(22)13-10(16(11)21)4-3-5-12(13)19/h3-5,9,19H,6-8H2,1-2H3. The molecule has 0 spiro atoms. The molecule has 0 amide bonds. The highest BCUT2D eigenvalue weighted by Crippen LogP contribution is 2.38. The van der Waals surface area contributed by atoms with Crippen LogP contribution in [0.3, 0.4) is 0 Å². The molecule has 0 aliphatic heterocycles. The van der Waals surface area contributed by atoms with E-state index in [9.17, 15) is 19.5 Å². The monoisotopic (exact) mass is 299 g/mol. The molecule has 2 aliphatic rings. The fourth-order valence-corrected chi connectivity index (χ4v) is 3.27. The third-order valence-corrected chi connectivity index (χ3v) is 4.26. The van der Waals surface area contributed by atoms with Gasteiger partial charge in [-0.2, -0.15) is 0 Å². The fraction of sp³-hybridized carbons (Fsp3) is 0.353. The van der Waals surface area contributed by atoms with Gasteiger partial charge in [-0.1, -0.05) is 12.1 Å². The molecule has 22 heavy (non-hydrogen) atoms. The Kier molecular flexibility index (Phi) is 3.45. The molecular weight excluding hydrogens is 282 g/mol. The average molecular weight is 299 g/mol. The largest absolute Gasteiger partial charge is 0.507 e. The Morgan fingerprint density at radius 2 is 1.91 bits per heavy atom. The van der Waals surface area contributed by atoms with E-state index in [1.54, 1.807) is 0 Å². The number of aromatic hydroxyl groups is 1. The van der Waals surface area contributed by atoms with Gasteiger partial charge in [0.25, 0.3) is 0 Å². The van der Waals surface area contributed by atoms with E-state index in [2.05, 4.69) is 0 Å². The lowest BCUT2D eigenvalue weighted by Crippen LogP contribution is -2.37. The third-order valence-electron chi connectivity index (χ3n) is 4.26. The van der Waals surface area contributed by atoms with Crippen LogP contribution in [0.2, 0.25) is 0 Å². The molecule has 3 rings (SSSR count). The van der Waals surface area contributed by atoms with Gasteiger partial charge in [0.1, 0.15) is 5.75 Å². The Balaban J connectivity index is 2.09. The van der Waals surface area contributed by atoms with Gasteiger partial charge in [0.15, 0.2) is 11.6 Å². The first-order valence-electron chi connectivity index (χ1n) is 7.25. The second-order valence-electron chi connectivity index (χ2n) is 6.07. The number of phenols is 1. The normalized spacial score (nSPS) is 21.2. The van der Waals surface area contributed by atoms with Crippen molar-refractivity contribution in [2.75, 3.05) is 20.6 Å². The van der Waals surface area contributed by atoms with E-state index in [0.29, 0.717) is 25.0 Å². The van der Waals surface area contributed by atoms with Crippen LogP contribution in [0.1, 0.15) is 33.6 Å². The number of hydrogen-bond donors (Lipinski definition) is 1. The summed E-state index contributed by atoms with van der Waals surface area (Å²) in [5.74, 6) is -1.63. The summed E-state index contributed by atoms with van der Waals surface area (Å²) in [5, 5.41) is 9.92.